The highest BCUT2D eigenvalue weighted by Crippen LogP contribution is 2.17. The third-order valence-corrected chi connectivity index (χ3v) is 3.59. The van der Waals surface area contributed by atoms with Crippen molar-refractivity contribution in [2.45, 2.75) is 65.0 Å². The molecule has 1 unspecified atom stereocenters. The van der Waals surface area contributed by atoms with E-state index in [1.807, 2.05) is 6.92 Å². The summed E-state index contributed by atoms with van der Waals surface area (Å²) in [6.07, 6.45) is 4.51. The number of nitrogens with zero attached hydrogens (tertiary/aromatic N) is 1. The predicted molar refractivity (Wildman–Crippen MR) is 74.0 cm³/mol. The molecule has 1 rings (SSSR count). The van der Waals surface area contributed by atoms with Gasteiger partial charge in [0.2, 0.25) is 0 Å². The Morgan fingerprint density at radius 3 is 2.58 bits per heavy atom. The second kappa shape index (κ2) is 7.36. The van der Waals surface area contributed by atoms with E-state index < -0.39 is 12.0 Å². The van der Waals surface area contributed by atoms with Crippen molar-refractivity contribution in [3.05, 3.63) is 0 Å². The summed E-state index contributed by atoms with van der Waals surface area (Å²) in [4.78, 5) is 24.5. The predicted octanol–water partition coefficient (Wildman–Crippen LogP) is 2.46. The lowest BCUT2D eigenvalue weighted by Gasteiger charge is -2.24. The van der Waals surface area contributed by atoms with Gasteiger partial charge in [-0.15, -0.1) is 0 Å². The maximum Gasteiger partial charge on any atom is 0.326 e. The number of carbonyl (C=O) groups excluding carboxylic acids is 1. The zero-order chi connectivity index (χ0) is 14.4. The van der Waals surface area contributed by atoms with Crippen molar-refractivity contribution in [2.75, 3.05) is 6.54 Å². The van der Waals surface area contributed by atoms with E-state index in [1.165, 1.54) is 4.90 Å². The molecule has 0 aliphatic carbocycles. The normalized spacial score (nSPS) is 20.6. The largest absolute Gasteiger partial charge is 0.480 e. The fourth-order valence-electron chi connectivity index (χ4n) is 2.46. The summed E-state index contributed by atoms with van der Waals surface area (Å²) in [5.74, 6) is -0.224. The fraction of sp³-hybridized carbons (Fsp3) is 0.857. The van der Waals surface area contributed by atoms with Crippen LogP contribution < -0.4 is 5.32 Å². The number of nitrogens with one attached hydrogen (secondary N) is 1. The minimum absolute atomic E-state index is 0.0984. The summed E-state index contributed by atoms with van der Waals surface area (Å²) in [6.45, 7) is 6.89. The first-order chi connectivity index (χ1) is 8.91. The van der Waals surface area contributed by atoms with E-state index in [0.29, 0.717) is 18.9 Å². The lowest BCUT2D eigenvalue weighted by atomic mass is 10.0. The first kappa shape index (κ1) is 15.8. The van der Waals surface area contributed by atoms with Gasteiger partial charge in [-0.1, -0.05) is 26.7 Å². The minimum Gasteiger partial charge on any atom is -0.480 e. The van der Waals surface area contributed by atoms with Crippen LogP contribution in [0, 0.1) is 5.92 Å². The molecule has 0 aromatic carbocycles. The third kappa shape index (κ3) is 5.09. The van der Waals surface area contributed by atoms with Crippen LogP contribution in [0.4, 0.5) is 4.79 Å². The van der Waals surface area contributed by atoms with Crippen LogP contribution in [-0.4, -0.2) is 40.6 Å². The molecule has 0 aromatic rings. The number of likely N-dealkylation sites (tertiary alicyclic amines) is 1. The van der Waals surface area contributed by atoms with Gasteiger partial charge < -0.3 is 15.3 Å². The molecule has 0 saturated carbocycles. The van der Waals surface area contributed by atoms with Crippen molar-refractivity contribution >= 4 is 12.0 Å². The number of urea groups is 1. The van der Waals surface area contributed by atoms with Crippen molar-refractivity contribution in [3.8, 4) is 0 Å². The van der Waals surface area contributed by atoms with E-state index in [-0.39, 0.29) is 12.1 Å². The zero-order valence-electron chi connectivity index (χ0n) is 12.2. The van der Waals surface area contributed by atoms with Crippen LogP contribution in [0.1, 0.15) is 52.9 Å². The molecule has 110 valence electrons. The van der Waals surface area contributed by atoms with E-state index >= 15 is 0 Å². The molecule has 0 radical (unpaired) electrons. The molecule has 1 heterocycles. The number of hydrogen-bond acceptors (Lipinski definition) is 2. The molecule has 0 spiro atoms. The highest BCUT2D eigenvalue weighted by molar-refractivity contribution is 5.83. The van der Waals surface area contributed by atoms with Crippen molar-refractivity contribution < 1.29 is 14.7 Å². The number of carboxylic acids is 1. The molecule has 19 heavy (non-hydrogen) atoms. The Morgan fingerprint density at radius 1 is 1.32 bits per heavy atom. The number of carbonyl (C=O) groups is 2. The average Bonchev–Trinajstić information content (AvgIpc) is 2.77. The minimum atomic E-state index is -0.903. The van der Waals surface area contributed by atoms with Crippen LogP contribution >= 0.6 is 0 Å². The van der Waals surface area contributed by atoms with Crippen molar-refractivity contribution in [3.63, 3.8) is 0 Å². The van der Waals surface area contributed by atoms with Crippen LogP contribution in [0.2, 0.25) is 0 Å². The molecular formula is C14H26N2O3. The molecule has 1 aliphatic rings. The van der Waals surface area contributed by atoms with E-state index in [4.69, 9.17) is 5.11 Å². The summed E-state index contributed by atoms with van der Waals surface area (Å²) in [7, 11) is 0. The topological polar surface area (TPSA) is 69.6 Å². The van der Waals surface area contributed by atoms with Gasteiger partial charge in [0.1, 0.15) is 6.04 Å². The maximum atomic E-state index is 12.0. The molecule has 5 heteroatoms. The lowest BCUT2D eigenvalue weighted by molar-refractivity contribution is -0.141. The van der Waals surface area contributed by atoms with Crippen molar-refractivity contribution in [2.24, 2.45) is 5.92 Å². The zero-order valence-corrected chi connectivity index (χ0v) is 12.2. The van der Waals surface area contributed by atoms with Gasteiger partial charge in [-0.25, -0.2) is 9.59 Å². The summed E-state index contributed by atoms with van der Waals surface area (Å²) >= 11 is 0. The molecule has 0 bridgehead atoms. The Kier molecular flexibility index (Phi) is 6.12. The smallest absolute Gasteiger partial charge is 0.326 e. The van der Waals surface area contributed by atoms with Gasteiger partial charge in [-0.05, 0) is 32.1 Å². The molecule has 2 amide bonds. The van der Waals surface area contributed by atoms with E-state index in [9.17, 15) is 9.59 Å². The van der Waals surface area contributed by atoms with Gasteiger partial charge in [0.05, 0.1) is 0 Å². The van der Waals surface area contributed by atoms with E-state index in [0.717, 1.165) is 25.7 Å². The van der Waals surface area contributed by atoms with E-state index in [2.05, 4.69) is 19.2 Å². The Hall–Kier alpha value is -1.26. The van der Waals surface area contributed by atoms with Crippen LogP contribution in [0.5, 0.6) is 0 Å². The highest BCUT2D eigenvalue weighted by atomic mass is 16.4. The second-order valence-corrected chi connectivity index (χ2v) is 5.86. The maximum absolute atomic E-state index is 12.0. The molecule has 2 atom stereocenters. The van der Waals surface area contributed by atoms with Crippen LogP contribution in [-0.2, 0) is 4.79 Å². The van der Waals surface area contributed by atoms with Gasteiger partial charge >= 0.3 is 12.0 Å². The Bertz CT molecular complexity index is 318. The van der Waals surface area contributed by atoms with Gasteiger partial charge in [0.15, 0.2) is 0 Å². The van der Waals surface area contributed by atoms with Gasteiger partial charge in [-0.2, -0.15) is 0 Å². The molecule has 2 N–H and O–H groups in total. The number of amides is 2. The molecule has 1 fully saturated rings. The van der Waals surface area contributed by atoms with Crippen LogP contribution in [0.25, 0.3) is 0 Å². The number of aliphatic carboxylic acids is 1. The number of rotatable bonds is 6. The van der Waals surface area contributed by atoms with Crippen LogP contribution in [0.15, 0.2) is 0 Å². The highest BCUT2D eigenvalue weighted by Gasteiger charge is 2.34. The first-order valence-corrected chi connectivity index (χ1v) is 7.21. The lowest BCUT2D eigenvalue weighted by Crippen LogP contribution is -2.48. The van der Waals surface area contributed by atoms with Crippen LogP contribution in [0.3, 0.4) is 0 Å². The third-order valence-electron chi connectivity index (χ3n) is 3.59. The van der Waals surface area contributed by atoms with Crippen molar-refractivity contribution in [1.29, 1.82) is 0 Å². The Morgan fingerprint density at radius 2 is 2.00 bits per heavy atom. The first-order valence-electron chi connectivity index (χ1n) is 7.21. The molecule has 1 aliphatic heterocycles. The second-order valence-electron chi connectivity index (χ2n) is 5.86. The van der Waals surface area contributed by atoms with Crippen molar-refractivity contribution in [1.82, 2.24) is 10.2 Å². The Balaban J connectivity index is 2.35. The molecule has 5 nitrogen and oxygen atoms in total. The molecule has 0 aromatic heterocycles. The SMILES string of the molecule is CC(C)CCCC(C)NC(=O)N1CCC[C@H]1C(=O)O. The van der Waals surface area contributed by atoms with Gasteiger partial charge in [0.25, 0.3) is 0 Å². The summed E-state index contributed by atoms with van der Waals surface area (Å²) in [5, 5.41) is 12.0. The summed E-state index contributed by atoms with van der Waals surface area (Å²) in [5.41, 5.74) is 0. The van der Waals surface area contributed by atoms with Gasteiger partial charge in [0, 0.05) is 12.6 Å². The van der Waals surface area contributed by atoms with E-state index in [1.54, 1.807) is 0 Å². The Labute approximate surface area is 115 Å². The monoisotopic (exact) mass is 270 g/mol. The number of carboxylic acid groups (broad SMARTS) is 1. The molecular weight excluding hydrogens is 244 g/mol. The number of hydrogen-bond donors (Lipinski definition) is 2. The fourth-order valence-corrected chi connectivity index (χ4v) is 2.46. The summed E-state index contributed by atoms with van der Waals surface area (Å²) < 4.78 is 0. The van der Waals surface area contributed by atoms with Gasteiger partial charge in [-0.3, -0.25) is 0 Å². The average molecular weight is 270 g/mol. The quantitative estimate of drug-likeness (QED) is 0.779. The summed E-state index contributed by atoms with van der Waals surface area (Å²) in [6, 6.07) is -0.786. The standard InChI is InChI=1S/C14H26N2O3/c1-10(2)6-4-7-11(3)15-14(19)16-9-5-8-12(16)13(17)18/h10-12H,4-9H2,1-3H3,(H,15,19)(H,17,18)/t11?,12-/m0/s1. The molecule has 1 saturated heterocycles.